The van der Waals surface area contributed by atoms with E-state index in [-0.39, 0.29) is 31.3 Å². The van der Waals surface area contributed by atoms with E-state index in [0.29, 0.717) is 5.56 Å². The highest BCUT2D eigenvalue weighted by atomic mass is 16.5. The zero-order valence-corrected chi connectivity index (χ0v) is 15.4. The van der Waals surface area contributed by atoms with Crippen molar-refractivity contribution in [1.82, 2.24) is 5.32 Å². The van der Waals surface area contributed by atoms with Gasteiger partial charge in [-0.05, 0) is 22.3 Å². The Labute approximate surface area is 164 Å². The molecule has 0 aliphatic heterocycles. The molecule has 0 saturated carbocycles. The molecule has 28 heavy (non-hydrogen) atoms. The third-order valence-corrected chi connectivity index (χ3v) is 5.06. The molecule has 0 radical (unpaired) electrons. The summed E-state index contributed by atoms with van der Waals surface area (Å²) < 4.78 is 5.47. The highest BCUT2D eigenvalue weighted by Crippen LogP contribution is 2.44. The Morgan fingerprint density at radius 2 is 1.36 bits per heavy atom. The molecule has 0 spiro atoms. The first kappa shape index (κ1) is 18.0. The largest absolute Gasteiger partial charge is 0.449 e. The lowest BCUT2D eigenvalue weighted by Gasteiger charge is -2.14. The summed E-state index contributed by atoms with van der Waals surface area (Å²) in [6, 6.07) is 25.5. The van der Waals surface area contributed by atoms with Gasteiger partial charge in [-0.3, -0.25) is 4.79 Å². The average molecular weight is 371 g/mol. The van der Waals surface area contributed by atoms with Crippen LogP contribution in [-0.2, 0) is 4.74 Å². The van der Waals surface area contributed by atoms with Crippen LogP contribution in [0.15, 0.2) is 78.9 Å². The van der Waals surface area contributed by atoms with E-state index in [1.165, 1.54) is 22.3 Å². The number of ketones is 1. The molecule has 0 bridgehead atoms. The Bertz CT molecular complexity index is 952. The number of carbonyl (C=O) groups is 2. The lowest BCUT2D eigenvalue weighted by molar-refractivity contribution is 0.0981. The standard InChI is InChI=1S/C24H21NO3/c26-23(17-8-2-1-3-9-17)14-15-25-24(27)28-16-22-20-12-6-4-10-18(20)19-11-5-7-13-21(19)22/h1-13,22H,14-16H2,(H,25,27). The van der Waals surface area contributed by atoms with Crippen LogP contribution >= 0.6 is 0 Å². The van der Waals surface area contributed by atoms with E-state index in [1.54, 1.807) is 12.1 Å². The van der Waals surface area contributed by atoms with Gasteiger partial charge in [0.15, 0.2) is 5.78 Å². The summed E-state index contributed by atoms with van der Waals surface area (Å²) in [6.45, 7) is 0.525. The Hall–Kier alpha value is -3.40. The average Bonchev–Trinajstić information content (AvgIpc) is 3.07. The van der Waals surface area contributed by atoms with Crippen LogP contribution in [-0.4, -0.2) is 25.0 Å². The van der Waals surface area contributed by atoms with Crippen molar-refractivity contribution in [1.29, 1.82) is 0 Å². The molecule has 0 atom stereocenters. The molecule has 4 rings (SSSR count). The first-order valence-corrected chi connectivity index (χ1v) is 9.41. The molecule has 0 unspecified atom stereocenters. The van der Waals surface area contributed by atoms with Crippen molar-refractivity contribution < 1.29 is 14.3 Å². The summed E-state index contributed by atoms with van der Waals surface area (Å²) in [4.78, 5) is 24.2. The number of ether oxygens (including phenoxy) is 1. The summed E-state index contributed by atoms with van der Waals surface area (Å²) in [5.41, 5.74) is 5.39. The fourth-order valence-electron chi connectivity index (χ4n) is 3.70. The number of hydrogen-bond acceptors (Lipinski definition) is 3. The molecule has 1 aliphatic rings. The van der Waals surface area contributed by atoms with Crippen LogP contribution in [0.2, 0.25) is 0 Å². The number of nitrogens with one attached hydrogen (secondary N) is 1. The van der Waals surface area contributed by atoms with Crippen LogP contribution in [0.1, 0.15) is 33.8 Å². The van der Waals surface area contributed by atoms with Crippen molar-refractivity contribution in [2.24, 2.45) is 0 Å². The SMILES string of the molecule is O=C(NCCC(=O)c1ccccc1)OCC1c2ccccc2-c2ccccc21. The second kappa shape index (κ2) is 8.09. The molecule has 1 aliphatic carbocycles. The van der Waals surface area contributed by atoms with E-state index >= 15 is 0 Å². The summed E-state index contributed by atoms with van der Waals surface area (Å²) in [5, 5.41) is 2.67. The van der Waals surface area contributed by atoms with Crippen LogP contribution in [0.25, 0.3) is 11.1 Å². The zero-order chi connectivity index (χ0) is 19.3. The molecule has 4 nitrogen and oxygen atoms in total. The lowest BCUT2D eigenvalue weighted by Crippen LogP contribution is -2.28. The number of Topliss-reactive ketones (excluding diaryl/α,β-unsaturated/α-hetero) is 1. The molecule has 0 saturated heterocycles. The minimum Gasteiger partial charge on any atom is -0.449 e. The van der Waals surface area contributed by atoms with E-state index in [1.807, 2.05) is 42.5 Å². The molecule has 0 fully saturated rings. The fourth-order valence-corrected chi connectivity index (χ4v) is 3.70. The highest BCUT2D eigenvalue weighted by Gasteiger charge is 2.28. The minimum absolute atomic E-state index is 0.000419. The highest BCUT2D eigenvalue weighted by molar-refractivity contribution is 5.96. The number of rotatable bonds is 6. The fraction of sp³-hybridized carbons (Fsp3) is 0.167. The summed E-state index contributed by atoms with van der Waals surface area (Å²) in [5.74, 6) is 0.0312. The molecular formula is C24H21NO3. The van der Waals surface area contributed by atoms with Crippen molar-refractivity contribution in [3.05, 3.63) is 95.6 Å². The third kappa shape index (κ3) is 3.67. The first-order valence-electron chi connectivity index (χ1n) is 9.41. The number of carbonyl (C=O) groups excluding carboxylic acids is 2. The molecule has 4 heteroatoms. The van der Waals surface area contributed by atoms with Gasteiger partial charge in [-0.1, -0.05) is 78.9 Å². The summed E-state index contributed by atoms with van der Waals surface area (Å²) in [6.07, 6.45) is -0.253. The van der Waals surface area contributed by atoms with Gasteiger partial charge in [-0.25, -0.2) is 4.79 Å². The minimum atomic E-state index is -0.497. The number of amides is 1. The van der Waals surface area contributed by atoms with E-state index < -0.39 is 6.09 Å². The normalized spacial score (nSPS) is 12.1. The van der Waals surface area contributed by atoms with Crippen LogP contribution < -0.4 is 5.32 Å². The second-order valence-corrected chi connectivity index (χ2v) is 6.79. The Morgan fingerprint density at radius 3 is 2.00 bits per heavy atom. The molecular weight excluding hydrogens is 350 g/mol. The van der Waals surface area contributed by atoms with Gasteiger partial charge in [0.1, 0.15) is 6.61 Å². The van der Waals surface area contributed by atoms with Gasteiger partial charge in [0.25, 0.3) is 0 Å². The molecule has 140 valence electrons. The molecule has 0 heterocycles. The summed E-state index contributed by atoms with van der Waals surface area (Å²) in [7, 11) is 0. The van der Waals surface area contributed by atoms with Crippen LogP contribution in [0, 0.1) is 0 Å². The number of alkyl carbamates (subject to hydrolysis) is 1. The van der Waals surface area contributed by atoms with Crippen LogP contribution in [0.5, 0.6) is 0 Å². The van der Waals surface area contributed by atoms with Gasteiger partial charge in [0.2, 0.25) is 0 Å². The van der Waals surface area contributed by atoms with Crippen LogP contribution in [0.3, 0.4) is 0 Å². The van der Waals surface area contributed by atoms with E-state index in [4.69, 9.17) is 4.74 Å². The predicted octanol–water partition coefficient (Wildman–Crippen LogP) is 4.80. The van der Waals surface area contributed by atoms with E-state index in [2.05, 4.69) is 29.6 Å². The van der Waals surface area contributed by atoms with Gasteiger partial charge in [-0.15, -0.1) is 0 Å². The first-order chi connectivity index (χ1) is 13.7. The molecule has 1 N–H and O–H groups in total. The monoisotopic (exact) mass is 371 g/mol. The maximum atomic E-state index is 12.1. The van der Waals surface area contributed by atoms with Crippen molar-refractivity contribution in [2.45, 2.75) is 12.3 Å². The maximum absolute atomic E-state index is 12.1. The van der Waals surface area contributed by atoms with E-state index in [0.717, 1.165) is 0 Å². The van der Waals surface area contributed by atoms with Gasteiger partial charge in [0, 0.05) is 24.4 Å². The second-order valence-electron chi connectivity index (χ2n) is 6.79. The summed E-state index contributed by atoms with van der Waals surface area (Å²) >= 11 is 0. The topological polar surface area (TPSA) is 55.4 Å². The molecule has 3 aromatic carbocycles. The lowest BCUT2D eigenvalue weighted by atomic mass is 9.98. The number of benzene rings is 3. The zero-order valence-electron chi connectivity index (χ0n) is 15.4. The van der Waals surface area contributed by atoms with Gasteiger partial charge < -0.3 is 10.1 Å². The van der Waals surface area contributed by atoms with Gasteiger partial charge >= 0.3 is 6.09 Å². The molecule has 1 amide bonds. The maximum Gasteiger partial charge on any atom is 0.407 e. The Morgan fingerprint density at radius 1 is 0.786 bits per heavy atom. The Kier molecular flexibility index (Phi) is 5.20. The predicted molar refractivity (Wildman–Crippen MR) is 108 cm³/mol. The smallest absolute Gasteiger partial charge is 0.407 e. The van der Waals surface area contributed by atoms with Crippen LogP contribution in [0.4, 0.5) is 4.79 Å². The van der Waals surface area contributed by atoms with Crippen molar-refractivity contribution in [2.75, 3.05) is 13.2 Å². The van der Waals surface area contributed by atoms with Crippen molar-refractivity contribution in [3.63, 3.8) is 0 Å². The molecule has 0 aromatic heterocycles. The Balaban J connectivity index is 1.32. The number of hydrogen-bond donors (Lipinski definition) is 1. The van der Waals surface area contributed by atoms with Gasteiger partial charge in [0.05, 0.1) is 0 Å². The third-order valence-electron chi connectivity index (χ3n) is 5.06. The molecule has 3 aromatic rings. The quantitative estimate of drug-likeness (QED) is 0.634. The van der Waals surface area contributed by atoms with Crippen molar-refractivity contribution in [3.8, 4) is 11.1 Å². The van der Waals surface area contributed by atoms with Crippen molar-refractivity contribution >= 4 is 11.9 Å². The number of fused-ring (bicyclic) bond motifs is 3. The van der Waals surface area contributed by atoms with E-state index in [9.17, 15) is 9.59 Å². The van der Waals surface area contributed by atoms with Gasteiger partial charge in [-0.2, -0.15) is 0 Å².